The quantitative estimate of drug-likeness (QED) is 0.337. The molecule has 288 valence electrons. The molecule has 15 heteroatoms. The second-order valence-corrected chi connectivity index (χ2v) is 15.4. The van der Waals surface area contributed by atoms with Gasteiger partial charge in [0.15, 0.2) is 0 Å². The van der Waals surface area contributed by atoms with E-state index in [1.165, 1.54) is 0 Å². The van der Waals surface area contributed by atoms with Gasteiger partial charge in [0.1, 0.15) is 29.7 Å². The van der Waals surface area contributed by atoms with Gasteiger partial charge in [-0.1, -0.05) is 11.6 Å². The number of carbonyl (C=O) groups excluding carboxylic acids is 6. The molecule has 3 aromatic rings. The highest BCUT2D eigenvalue weighted by Crippen LogP contribution is 2.34. The number of carbonyl (C=O) groups is 6. The predicted octanol–water partition coefficient (Wildman–Crippen LogP) is 4.52. The Morgan fingerprint density at radius 2 is 1.43 bits per heavy atom. The van der Waals surface area contributed by atoms with Crippen LogP contribution in [0.5, 0.6) is 11.5 Å². The van der Waals surface area contributed by atoms with E-state index in [0.29, 0.717) is 96.8 Å². The van der Waals surface area contributed by atoms with Crippen LogP contribution in [0.1, 0.15) is 86.3 Å². The van der Waals surface area contributed by atoms with E-state index >= 15 is 0 Å². The molecule has 5 aliphatic heterocycles. The van der Waals surface area contributed by atoms with E-state index in [2.05, 4.69) is 10.2 Å². The smallest absolute Gasteiger partial charge is 0.415 e. The maximum Gasteiger partial charge on any atom is 0.415 e. The predicted molar refractivity (Wildman–Crippen MR) is 200 cm³/mol. The molecule has 14 nitrogen and oxygen atoms in total. The van der Waals surface area contributed by atoms with Crippen molar-refractivity contribution in [1.82, 2.24) is 24.9 Å². The van der Waals surface area contributed by atoms with Gasteiger partial charge >= 0.3 is 6.09 Å². The third kappa shape index (κ3) is 7.44. The van der Waals surface area contributed by atoms with Crippen molar-refractivity contribution in [3.8, 4) is 17.6 Å². The number of amides is 6. The summed E-state index contributed by atoms with van der Waals surface area (Å²) in [6, 6.07) is 16.2. The van der Waals surface area contributed by atoms with Gasteiger partial charge in [-0.15, -0.1) is 0 Å². The molecule has 3 aromatic carbocycles. The molecule has 8 rings (SSSR count). The molecule has 0 spiro atoms. The number of piperidine rings is 3. The second-order valence-electron chi connectivity index (χ2n) is 15.0. The van der Waals surface area contributed by atoms with Crippen molar-refractivity contribution in [3.05, 3.63) is 93.0 Å². The summed E-state index contributed by atoms with van der Waals surface area (Å²) in [5.41, 5.74) is 3.47. The maximum atomic E-state index is 13.4. The van der Waals surface area contributed by atoms with Gasteiger partial charge in [0.05, 0.1) is 21.7 Å². The molecule has 0 saturated carbocycles. The normalized spacial score (nSPS) is 20.4. The molecule has 0 aliphatic carbocycles. The molecule has 1 unspecified atom stereocenters. The summed E-state index contributed by atoms with van der Waals surface area (Å²) in [5, 5.41) is 11.6. The van der Waals surface area contributed by atoms with Crippen LogP contribution in [0.15, 0.2) is 54.6 Å². The Balaban J connectivity index is 0.775. The van der Waals surface area contributed by atoms with Crippen molar-refractivity contribution >= 4 is 47.2 Å². The molecule has 3 fully saturated rings. The first-order valence-electron chi connectivity index (χ1n) is 18.9. The standard InChI is InChI=1S/C41H39ClN6O8/c42-34-19-31(6-3-26(34)20-43)55-30-11-15-47(16-12-30)41(54)56-29-4-1-25(2-5-29)38(51)46-13-9-24(10-14-46)21-45-22-27-17-32-33(18-28(27)23-45)40(53)48(39(32)52)35-7-8-36(49)44-37(35)50/h1-6,17-19,24,30,35H,7-16,21-23H2,(H,44,49,50). The largest absolute Gasteiger partial charge is 0.490 e. The highest BCUT2D eigenvalue weighted by atomic mass is 35.5. The van der Waals surface area contributed by atoms with Gasteiger partial charge in [-0.3, -0.25) is 39.1 Å². The summed E-state index contributed by atoms with van der Waals surface area (Å²) in [6.45, 7) is 4.26. The Labute approximate surface area is 327 Å². The van der Waals surface area contributed by atoms with E-state index in [0.717, 1.165) is 35.4 Å². The van der Waals surface area contributed by atoms with Crippen molar-refractivity contribution in [2.24, 2.45) is 5.92 Å². The number of fused-ring (bicyclic) bond motifs is 2. The molecule has 1 N–H and O–H groups in total. The van der Waals surface area contributed by atoms with Crippen LogP contribution in [0.25, 0.3) is 0 Å². The van der Waals surface area contributed by atoms with Gasteiger partial charge in [0.2, 0.25) is 11.8 Å². The lowest BCUT2D eigenvalue weighted by atomic mass is 9.95. The molecular weight excluding hydrogens is 740 g/mol. The number of benzene rings is 3. The van der Waals surface area contributed by atoms with Crippen LogP contribution in [-0.4, -0.2) is 100 Å². The third-order valence-corrected chi connectivity index (χ3v) is 11.6. The molecule has 0 radical (unpaired) electrons. The van der Waals surface area contributed by atoms with Gasteiger partial charge in [-0.25, -0.2) is 4.79 Å². The maximum absolute atomic E-state index is 13.4. The number of nitriles is 1. The van der Waals surface area contributed by atoms with E-state index in [-0.39, 0.29) is 24.9 Å². The Morgan fingerprint density at radius 3 is 2.04 bits per heavy atom. The van der Waals surface area contributed by atoms with Crippen molar-refractivity contribution in [1.29, 1.82) is 5.26 Å². The number of ether oxygens (including phenoxy) is 2. The SMILES string of the molecule is N#Cc1ccc(OC2CCN(C(=O)Oc3ccc(C(=O)N4CCC(CN5Cc6cc7c(cc6C5)C(=O)N(C5CCC(=O)NC5=O)C7=O)CC4)cc3)CC2)cc1Cl. The lowest BCUT2D eigenvalue weighted by Gasteiger charge is -2.34. The number of imide groups is 2. The van der Waals surface area contributed by atoms with Crippen LogP contribution in [0.4, 0.5) is 4.79 Å². The second kappa shape index (κ2) is 15.4. The van der Waals surface area contributed by atoms with E-state index in [4.69, 9.17) is 26.3 Å². The topological polar surface area (TPSA) is 170 Å². The number of hydrogen-bond donors (Lipinski definition) is 1. The highest BCUT2D eigenvalue weighted by Gasteiger charge is 2.45. The first-order chi connectivity index (χ1) is 27.0. The molecule has 0 bridgehead atoms. The Morgan fingerprint density at radius 1 is 0.804 bits per heavy atom. The summed E-state index contributed by atoms with van der Waals surface area (Å²) < 4.78 is 11.6. The Bertz CT molecular complexity index is 2130. The summed E-state index contributed by atoms with van der Waals surface area (Å²) in [5.74, 6) is -0.791. The first-order valence-corrected chi connectivity index (χ1v) is 19.2. The van der Waals surface area contributed by atoms with Gasteiger partial charge in [-0.05, 0) is 84.8 Å². The zero-order valence-electron chi connectivity index (χ0n) is 30.5. The monoisotopic (exact) mass is 778 g/mol. The van der Waals surface area contributed by atoms with Gasteiger partial charge in [0, 0.05) is 76.7 Å². The minimum absolute atomic E-state index is 0.0734. The highest BCUT2D eigenvalue weighted by molar-refractivity contribution is 6.31. The minimum atomic E-state index is -0.986. The van der Waals surface area contributed by atoms with Crippen LogP contribution in [0.3, 0.4) is 0 Å². The number of rotatable bonds is 7. The molecule has 56 heavy (non-hydrogen) atoms. The number of hydrogen-bond acceptors (Lipinski definition) is 10. The molecule has 3 saturated heterocycles. The zero-order valence-corrected chi connectivity index (χ0v) is 31.3. The summed E-state index contributed by atoms with van der Waals surface area (Å²) in [7, 11) is 0. The van der Waals surface area contributed by atoms with E-state index in [9.17, 15) is 28.8 Å². The van der Waals surface area contributed by atoms with E-state index < -0.39 is 35.8 Å². The summed E-state index contributed by atoms with van der Waals surface area (Å²) in [4.78, 5) is 83.6. The van der Waals surface area contributed by atoms with Crippen molar-refractivity contribution in [2.45, 2.75) is 63.8 Å². The van der Waals surface area contributed by atoms with Crippen molar-refractivity contribution in [3.63, 3.8) is 0 Å². The van der Waals surface area contributed by atoms with Crippen LogP contribution in [0.2, 0.25) is 5.02 Å². The minimum Gasteiger partial charge on any atom is -0.490 e. The van der Waals surface area contributed by atoms with Gasteiger partial charge < -0.3 is 19.3 Å². The van der Waals surface area contributed by atoms with E-state index in [1.807, 2.05) is 11.0 Å². The fourth-order valence-electron chi connectivity index (χ4n) is 8.27. The summed E-state index contributed by atoms with van der Waals surface area (Å²) >= 11 is 6.12. The number of nitrogens with one attached hydrogen (secondary N) is 1. The lowest BCUT2D eigenvalue weighted by molar-refractivity contribution is -0.136. The molecule has 0 aromatic heterocycles. The Hall–Kier alpha value is -5.78. The fraction of sp³-hybridized carbons (Fsp3) is 0.390. The van der Waals surface area contributed by atoms with Crippen molar-refractivity contribution < 1.29 is 38.2 Å². The van der Waals surface area contributed by atoms with Gasteiger partial charge in [-0.2, -0.15) is 5.26 Å². The first kappa shape index (κ1) is 37.2. The van der Waals surface area contributed by atoms with Gasteiger partial charge in [0.25, 0.3) is 17.7 Å². The van der Waals surface area contributed by atoms with Crippen LogP contribution in [0, 0.1) is 17.2 Å². The molecule has 5 aliphatic rings. The number of nitrogens with zero attached hydrogens (tertiary/aromatic N) is 5. The van der Waals surface area contributed by atoms with E-state index in [1.54, 1.807) is 59.5 Å². The van der Waals surface area contributed by atoms with Crippen molar-refractivity contribution in [2.75, 3.05) is 32.7 Å². The average Bonchev–Trinajstić information content (AvgIpc) is 3.70. The van der Waals surface area contributed by atoms with Crippen LogP contribution in [-0.2, 0) is 22.7 Å². The molecular formula is C41H39ClN6O8. The Kier molecular flexibility index (Phi) is 10.2. The fourth-order valence-corrected chi connectivity index (χ4v) is 8.49. The van der Waals surface area contributed by atoms with Crippen LogP contribution < -0.4 is 14.8 Å². The number of likely N-dealkylation sites (tertiary alicyclic amines) is 2. The third-order valence-electron chi connectivity index (χ3n) is 11.3. The molecule has 1 atom stereocenters. The zero-order chi connectivity index (χ0) is 39.1. The number of halogens is 1. The van der Waals surface area contributed by atoms with Crippen LogP contribution >= 0.6 is 11.6 Å². The average molecular weight is 779 g/mol. The lowest BCUT2D eigenvalue weighted by Crippen LogP contribution is -2.54. The molecule has 6 amide bonds. The molecule has 5 heterocycles. The summed E-state index contributed by atoms with van der Waals surface area (Å²) in [6.07, 6.45) is 2.55.